The molecule has 2 aromatic heterocycles. The van der Waals surface area contributed by atoms with Gasteiger partial charge in [-0.1, -0.05) is 35.3 Å². The molecule has 4 aromatic rings. The minimum atomic E-state index is -0.0998. The number of aromatic amines is 1. The lowest BCUT2D eigenvalue weighted by molar-refractivity contribution is 0.0694. The number of piperidine rings is 1. The van der Waals surface area contributed by atoms with E-state index in [1.807, 2.05) is 45.9 Å². The standard InChI is InChI=1S/C27H26Cl2N6O2/c28-19-5-6-21(29)18(13-19)16-34-12-9-30-25-24(34)14-17(15-31-25)26(36)33-10-7-20(8-11-33)35-23-4-2-1-3-22(23)32-27(35)37/h1-6,13-15,20H,7-12,16H2,(H,30,31)(H,32,37). The van der Waals surface area contributed by atoms with Crippen molar-refractivity contribution in [1.29, 1.82) is 0 Å². The highest BCUT2D eigenvalue weighted by Gasteiger charge is 2.28. The van der Waals surface area contributed by atoms with Gasteiger partial charge in [0.05, 0.1) is 22.3 Å². The second kappa shape index (κ2) is 9.76. The van der Waals surface area contributed by atoms with E-state index in [4.69, 9.17) is 23.2 Å². The molecule has 0 bridgehead atoms. The second-order valence-electron chi connectivity index (χ2n) is 9.52. The zero-order valence-electron chi connectivity index (χ0n) is 20.1. The molecule has 2 aliphatic heterocycles. The highest BCUT2D eigenvalue weighted by Crippen LogP contribution is 2.32. The molecule has 2 aromatic carbocycles. The number of halogens is 2. The van der Waals surface area contributed by atoms with Crippen LogP contribution < -0.4 is 15.9 Å². The van der Waals surface area contributed by atoms with E-state index >= 15 is 0 Å². The summed E-state index contributed by atoms with van der Waals surface area (Å²) in [5, 5.41) is 4.61. The molecule has 1 fully saturated rings. The molecule has 0 unspecified atom stereocenters. The average molecular weight is 537 g/mol. The molecule has 1 amide bonds. The van der Waals surface area contributed by atoms with Crippen molar-refractivity contribution in [2.75, 3.05) is 36.4 Å². The van der Waals surface area contributed by atoms with Crippen LogP contribution in [0.1, 0.15) is 34.8 Å². The molecule has 0 aliphatic carbocycles. The van der Waals surface area contributed by atoms with Gasteiger partial charge in [-0.25, -0.2) is 9.78 Å². The molecule has 8 nitrogen and oxygen atoms in total. The van der Waals surface area contributed by atoms with Crippen molar-refractivity contribution < 1.29 is 4.79 Å². The molecule has 6 rings (SSSR count). The summed E-state index contributed by atoms with van der Waals surface area (Å²) in [6, 6.07) is 15.1. The Balaban J connectivity index is 1.19. The monoisotopic (exact) mass is 536 g/mol. The number of carbonyl (C=O) groups is 1. The number of pyridine rings is 1. The number of carbonyl (C=O) groups excluding carboxylic acids is 1. The SMILES string of the molecule is O=C(c1cnc2c(c1)N(Cc1cc(Cl)ccc1Cl)CCN2)N1CCC(n2c(=O)[nH]c3ccccc32)CC1. The quantitative estimate of drug-likeness (QED) is 0.385. The summed E-state index contributed by atoms with van der Waals surface area (Å²) in [5.74, 6) is 0.699. The molecule has 0 atom stereocenters. The number of fused-ring (bicyclic) bond motifs is 2. The van der Waals surface area contributed by atoms with E-state index in [9.17, 15) is 9.59 Å². The van der Waals surface area contributed by atoms with Crippen molar-refractivity contribution in [3.8, 4) is 0 Å². The van der Waals surface area contributed by atoms with Gasteiger partial charge in [0.1, 0.15) is 5.82 Å². The molecule has 4 heterocycles. The van der Waals surface area contributed by atoms with E-state index in [2.05, 4.69) is 20.2 Å². The minimum absolute atomic E-state index is 0.0497. The van der Waals surface area contributed by atoms with Crippen LogP contribution in [0.2, 0.25) is 10.0 Å². The van der Waals surface area contributed by atoms with Crippen molar-refractivity contribution in [2.45, 2.75) is 25.4 Å². The van der Waals surface area contributed by atoms with Crippen LogP contribution in [0.25, 0.3) is 11.0 Å². The Bertz CT molecular complexity index is 1540. The molecule has 37 heavy (non-hydrogen) atoms. The lowest BCUT2D eigenvalue weighted by atomic mass is 10.0. The van der Waals surface area contributed by atoms with Gasteiger partial charge in [-0.3, -0.25) is 9.36 Å². The summed E-state index contributed by atoms with van der Waals surface area (Å²) in [7, 11) is 0. The van der Waals surface area contributed by atoms with Crippen LogP contribution in [0.3, 0.4) is 0 Å². The maximum Gasteiger partial charge on any atom is 0.326 e. The fourth-order valence-electron chi connectivity index (χ4n) is 5.36. The second-order valence-corrected chi connectivity index (χ2v) is 10.4. The fraction of sp³-hybridized carbons (Fsp3) is 0.296. The summed E-state index contributed by atoms with van der Waals surface area (Å²) >= 11 is 12.6. The largest absolute Gasteiger partial charge is 0.367 e. The summed E-state index contributed by atoms with van der Waals surface area (Å²) < 4.78 is 1.84. The summed E-state index contributed by atoms with van der Waals surface area (Å²) in [4.78, 5) is 37.6. The molecule has 2 aliphatic rings. The number of hydrogen-bond donors (Lipinski definition) is 2. The Labute approximate surface area is 223 Å². The normalized spacial score (nSPS) is 16.1. The number of hydrogen-bond acceptors (Lipinski definition) is 5. The number of para-hydroxylation sites is 2. The van der Waals surface area contributed by atoms with Crippen LogP contribution in [0.4, 0.5) is 11.5 Å². The van der Waals surface area contributed by atoms with Gasteiger partial charge in [0.25, 0.3) is 5.91 Å². The highest BCUT2D eigenvalue weighted by molar-refractivity contribution is 6.33. The number of nitrogens with zero attached hydrogens (tertiary/aromatic N) is 4. The Kier molecular flexibility index (Phi) is 6.30. The zero-order chi connectivity index (χ0) is 25.5. The Morgan fingerprint density at radius 3 is 2.70 bits per heavy atom. The van der Waals surface area contributed by atoms with E-state index in [1.54, 1.807) is 18.3 Å². The fourth-order valence-corrected chi connectivity index (χ4v) is 5.73. The molecule has 0 spiro atoms. The molecule has 1 saturated heterocycles. The average Bonchev–Trinajstić information content (AvgIpc) is 3.26. The highest BCUT2D eigenvalue weighted by atomic mass is 35.5. The summed E-state index contributed by atoms with van der Waals surface area (Å²) in [6.07, 6.45) is 3.07. The van der Waals surface area contributed by atoms with Crippen molar-refractivity contribution in [2.24, 2.45) is 0 Å². The maximum absolute atomic E-state index is 13.5. The number of nitrogens with one attached hydrogen (secondary N) is 2. The van der Waals surface area contributed by atoms with Crippen LogP contribution in [-0.4, -0.2) is 51.5 Å². The lowest BCUT2D eigenvalue weighted by Gasteiger charge is -2.34. The van der Waals surface area contributed by atoms with Crippen LogP contribution in [0.5, 0.6) is 0 Å². The van der Waals surface area contributed by atoms with Gasteiger partial charge in [0.15, 0.2) is 0 Å². The van der Waals surface area contributed by atoms with Gasteiger partial charge >= 0.3 is 5.69 Å². The number of amides is 1. The van der Waals surface area contributed by atoms with E-state index in [1.165, 1.54) is 0 Å². The van der Waals surface area contributed by atoms with Gasteiger partial charge in [-0.15, -0.1) is 0 Å². The Morgan fingerprint density at radius 1 is 1.05 bits per heavy atom. The van der Waals surface area contributed by atoms with Crippen molar-refractivity contribution >= 4 is 51.6 Å². The topological polar surface area (TPSA) is 86.3 Å². The van der Waals surface area contributed by atoms with E-state index in [0.717, 1.165) is 41.2 Å². The molecular formula is C27H26Cl2N6O2. The maximum atomic E-state index is 13.5. The van der Waals surface area contributed by atoms with Crippen LogP contribution in [0, 0.1) is 0 Å². The third-order valence-corrected chi connectivity index (χ3v) is 7.84. The number of aromatic nitrogens is 3. The zero-order valence-corrected chi connectivity index (χ0v) is 21.6. The first-order chi connectivity index (χ1) is 18.0. The number of likely N-dealkylation sites (tertiary alicyclic amines) is 1. The van der Waals surface area contributed by atoms with Gasteiger partial charge in [0, 0.05) is 55.0 Å². The molecule has 190 valence electrons. The van der Waals surface area contributed by atoms with E-state index in [-0.39, 0.29) is 17.6 Å². The summed E-state index contributed by atoms with van der Waals surface area (Å²) in [5.41, 5.74) is 3.98. The molecule has 10 heteroatoms. The molecule has 0 saturated carbocycles. The minimum Gasteiger partial charge on any atom is -0.367 e. The first-order valence-electron chi connectivity index (χ1n) is 12.4. The molecular weight excluding hydrogens is 511 g/mol. The first kappa shape index (κ1) is 23.9. The Morgan fingerprint density at radius 2 is 1.86 bits per heavy atom. The molecule has 2 N–H and O–H groups in total. The van der Waals surface area contributed by atoms with E-state index in [0.29, 0.717) is 48.1 Å². The first-order valence-corrected chi connectivity index (χ1v) is 13.1. The number of benzene rings is 2. The Hall–Kier alpha value is -3.49. The summed E-state index contributed by atoms with van der Waals surface area (Å²) in [6.45, 7) is 3.21. The van der Waals surface area contributed by atoms with Crippen LogP contribution in [0.15, 0.2) is 59.5 Å². The predicted octanol–water partition coefficient (Wildman–Crippen LogP) is 4.94. The van der Waals surface area contributed by atoms with Crippen molar-refractivity contribution in [3.63, 3.8) is 0 Å². The van der Waals surface area contributed by atoms with E-state index < -0.39 is 0 Å². The number of anilines is 2. The van der Waals surface area contributed by atoms with Gasteiger partial charge in [0.2, 0.25) is 0 Å². The van der Waals surface area contributed by atoms with Crippen molar-refractivity contribution in [3.05, 3.63) is 86.4 Å². The number of H-pyrrole nitrogens is 1. The van der Waals surface area contributed by atoms with Crippen LogP contribution in [-0.2, 0) is 6.54 Å². The van der Waals surface area contributed by atoms with Gasteiger partial charge < -0.3 is 20.1 Å². The third-order valence-electron chi connectivity index (χ3n) is 7.24. The number of imidazole rings is 1. The van der Waals surface area contributed by atoms with Gasteiger partial charge in [-0.2, -0.15) is 0 Å². The third kappa shape index (κ3) is 4.55. The van der Waals surface area contributed by atoms with Gasteiger partial charge in [-0.05, 0) is 54.8 Å². The smallest absolute Gasteiger partial charge is 0.326 e. The van der Waals surface area contributed by atoms with Crippen LogP contribution >= 0.6 is 23.2 Å². The molecule has 0 radical (unpaired) electrons. The number of rotatable bonds is 4. The predicted molar refractivity (Wildman–Crippen MR) is 147 cm³/mol. The van der Waals surface area contributed by atoms with Crippen molar-refractivity contribution in [1.82, 2.24) is 19.4 Å². The lowest BCUT2D eigenvalue weighted by Crippen LogP contribution is -2.41.